The first-order valence-electron chi connectivity index (χ1n) is 8.73. The van der Waals surface area contributed by atoms with Gasteiger partial charge in [0.25, 0.3) is 5.91 Å². The summed E-state index contributed by atoms with van der Waals surface area (Å²) >= 11 is 0. The van der Waals surface area contributed by atoms with Gasteiger partial charge < -0.3 is 19.3 Å². The van der Waals surface area contributed by atoms with Gasteiger partial charge in [-0.2, -0.15) is 0 Å². The average Bonchev–Trinajstić information content (AvgIpc) is 3.11. The number of hydrogen-bond acceptors (Lipinski definition) is 6. The summed E-state index contributed by atoms with van der Waals surface area (Å²) in [5, 5.41) is 6.10. The van der Waals surface area contributed by atoms with E-state index in [2.05, 4.69) is 10.5 Å². The van der Waals surface area contributed by atoms with Crippen molar-refractivity contribution in [2.75, 3.05) is 18.5 Å². The van der Waals surface area contributed by atoms with Crippen LogP contribution in [0.15, 0.2) is 65.2 Å². The molecule has 1 aromatic heterocycles. The smallest absolute Gasteiger partial charge is 0.344 e. The molecule has 3 rings (SSSR count). The summed E-state index contributed by atoms with van der Waals surface area (Å²) in [4.78, 5) is 23.6. The Hall–Kier alpha value is -3.61. The number of aryl methyl sites for hydroxylation is 1. The Morgan fingerprint density at radius 1 is 1.04 bits per heavy atom. The molecule has 0 radical (unpaired) electrons. The minimum atomic E-state index is -0.638. The second kappa shape index (κ2) is 9.36. The van der Waals surface area contributed by atoms with Gasteiger partial charge in [0, 0.05) is 12.5 Å². The summed E-state index contributed by atoms with van der Waals surface area (Å²) in [6, 6.07) is 19.0. The maximum absolute atomic E-state index is 11.9. The maximum atomic E-state index is 11.9. The topological polar surface area (TPSA) is 90.7 Å². The van der Waals surface area contributed by atoms with E-state index in [1.807, 2.05) is 48.5 Å². The van der Waals surface area contributed by atoms with Crippen molar-refractivity contribution in [1.82, 2.24) is 5.16 Å². The summed E-state index contributed by atoms with van der Waals surface area (Å²) in [7, 11) is 0. The molecule has 1 amide bonds. The number of para-hydroxylation sites is 1. The zero-order chi connectivity index (χ0) is 19.8. The Balaban J connectivity index is 1.47. The number of aromatic nitrogens is 1. The van der Waals surface area contributed by atoms with E-state index < -0.39 is 18.5 Å². The molecule has 0 fully saturated rings. The highest BCUT2D eigenvalue weighted by molar-refractivity contribution is 5.91. The van der Waals surface area contributed by atoms with E-state index in [1.54, 1.807) is 19.1 Å². The molecule has 0 atom stereocenters. The normalized spacial score (nSPS) is 10.3. The third-order valence-electron chi connectivity index (χ3n) is 3.82. The number of esters is 1. The first kappa shape index (κ1) is 19.2. The van der Waals surface area contributed by atoms with Crippen molar-refractivity contribution >= 4 is 17.7 Å². The number of carbonyl (C=O) groups is 2. The third kappa shape index (κ3) is 5.70. The number of nitrogens with one attached hydrogen (secondary N) is 1. The van der Waals surface area contributed by atoms with Crippen LogP contribution >= 0.6 is 0 Å². The van der Waals surface area contributed by atoms with Gasteiger partial charge in [-0.25, -0.2) is 4.79 Å². The minimum Gasteiger partial charge on any atom is -0.482 e. The van der Waals surface area contributed by atoms with Crippen molar-refractivity contribution in [3.8, 4) is 5.75 Å². The van der Waals surface area contributed by atoms with Crippen molar-refractivity contribution in [3.63, 3.8) is 0 Å². The summed E-state index contributed by atoms with van der Waals surface area (Å²) in [5.74, 6) is 0.289. The molecule has 28 heavy (non-hydrogen) atoms. The largest absolute Gasteiger partial charge is 0.482 e. The van der Waals surface area contributed by atoms with E-state index in [0.29, 0.717) is 17.9 Å². The Morgan fingerprint density at radius 2 is 1.79 bits per heavy atom. The van der Waals surface area contributed by atoms with Crippen molar-refractivity contribution in [3.05, 3.63) is 77.6 Å². The SMILES string of the molecule is Cc1cc(NC(=O)COC(=O)COc2ccccc2Cc2ccccc2)no1. The lowest BCUT2D eigenvalue weighted by molar-refractivity contribution is -0.149. The quantitative estimate of drug-likeness (QED) is 0.604. The monoisotopic (exact) mass is 380 g/mol. The highest BCUT2D eigenvalue weighted by Crippen LogP contribution is 2.21. The summed E-state index contributed by atoms with van der Waals surface area (Å²) in [6.07, 6.45) is 0.686. The van der Waals surface area contributed by atoms with Gasteiger partial charge in [0.05, 0.1) is 0 Å². The molecule has 2 aromatic carbocycles. The lowest BCUT2D eigenvalue weighted by atomic mass is 10.0. The van der Waals surface area contributed by atoms with Crippen LogP contribution in [0.1, 0.15) is 16.9 Å². The van der Waals surface area contributed by atoms with Gasteiger partial charge in [0.15, 0.2) is 19.0 Å². The van der Waals surface area contributed by atoms with Crippen molar-refractivity contribution < 1.29 is 23.6 Å². The predicted octanol–water partition coefficient (Wildman–Crippen LogP) is 3.13. The van der Waals surface area contributed by atoms with E-state index >= 15 is 0 Å². The lowest BCUT2D eigenvalue weighted by Gasteiger charge is -2.11. The number of hydrogen-bond donors (Lipinski definition) is 1. The van der Waals surface area contributed by atoms with Gasteiger partial charge in [-0.15, -0.1) is 0 Å². The van der Waals surface area contributed by atoms with Crippen LogP contribution in [0.2, 0.25) is 0 Å². The highest BCUT2D eigenvalue weighted by atomic mass is 16.6. The fraction of sp³-hybridized carbons (Fsp3) is 0.190. The molecule has 0 aliphatic heterocycles. The van der Waals surface area contributed by atoms with Crippen LogP contribution in [-0.2, 0) is 20.7 Å². The highest BCUT2D eigenvalue weighted by Gasteiger charge is 2.12. The summed E-state index contributed by atoms with van der Waals surface area (Å²) < 4.78 is 15.4. The summed E-state index contributed by atoms with van der Waals surface area (Å²) in [6.45, 7) is 0.984. The van der Waals surface area contributed by atoms with Crippen LogP contribution in [0, 0.1) is 6.92 Å². The number of nitrogens with zero attached hydrogens (tertiary/aromatic N) is 1. The molecule has 0 aliphatic carbocycles. The predicted molar refractivity (Wildman–Crippen MR) is 102 cm³/mol. The molecule has 1 heterocycles. The number of benzene rings is 2. The van der Waals surface area contributed by atoms with Crippen LogP contribution in [0.5, 0.6) is 5.75 Å². The fourth-order valence-corrected chi connectivity index (χ4v) is 2.54. The average molecular weight is 380 g/mol. The van der Waals surface area contributed by atoms with Crippen LogP contribution < -0.4 is 10.1 Å². The zero-order valence-electron chi connectivity index (χ0n) is 15.4. The molecule has 1 N–H and O–H groups in total. The molecule has 0 saturated carbocycles. The number of rotatable bonds is 8. The summed E-state index contributed by atoms with van der Waals surface area (Å²) in [5.41, 5.74) is 2.10. The van der Waals surface area contributed by atoms with Crippen molar-refractivity contribution in [1.29, 1.82) is 0 Å². The van der Waals surface area contributed by atoms with E-state index in [1.165, 1.54) is 0 Å². The first-order chi connectivity index (χ1) is 13.6. The number of amides is 1. The fourth-order valence-electron chi connectivity index (χ4n) is 2.54. The van der Waals surface area contributed by atoms with Gasteiger partial charge in [0.1, 0.15) is 11.5 Å². The molecule has 0 unspecified atom stereocenters. The Labute approximate surface area is 162 Å². The maximum Gasteiger partial charge on any atom is 0.344 e. The first-order valence-corrected chi connectivity index (χ1v) is 8.73. The van der Waals surface area contributed by atoms with Gasteiger partial charge in [0.2, 0.25) is 0 Å². The molecule has 0 spiro atoms. The van der Waals surface area contributed by atoms with E-state index in [-0.39, 0.29) is 12.4 Å². The van der Waals surface area contributed by atoms with E-state index in [0.717, 1.165) is 11.1 Å². The number of carbonyl (C=O) groups excluding carboxylic acids is 2. The molecule has 7 nitrogen and oxygen atoms in total. The molecule has 0 aliphatic rings. The Kier molecular flexibility index (Phi) is 6.41. The Bertz CT molecular complexity index is 937. The van der Waals surface area contributed by atoms with Gasteiger partial charge in [-0.3, -0.25) is 4.79 Å². The molecule has 7 heteroatoms. The van der Waals surface area contributed by atoms with Crippen LogP contribution in [-0.4, -0.2) is 30.2 Å². The lowest BCUT2D eigenvalue weighted by Crippen LogP contribution is -2.23. The molecule has 144 valence electrons. The molecule has 0 saturated heterocycles. The van der Waals surface area contributed by atoms with E-state index in [4.69, 9.17) is 14.0 Å². The van der Waals surface area contributed by atoms with Crippen LogP contribution in [0.3, 0.4) is 0 Å². The number of ether oxygens (including phenoxy) is 2. The van der Waals surface area contributed by atoms with Crippen LogP contribution in [0.25, 0.3) is 0 Å². The van der Waals surface area contributed by atoms with Gasteiger partial charge in [-0.05, 0) is 24.1 Å². The number of anilines is 1. The standard InChI is InChI=1S/C21H20N2O5/c1-15-11-19(23-28-15)22-20(24)13-27-21(25)14-26-18-10-6-5-9-17(18)12-16-7-3-2-4-8-16/h2-11H,12-14H2,1H3,(H,22,23,24). The molecular formula is C21H20N2O5. The third-order valence-corrected chi connectivity index (χ3v) is 3.82. The molecular weight excluding hydrogens is 360 g/mol. The molecule has 3 aromatic rings. The van der Waals surface area contributed by atoms with Gasteiger partial charge in [-0.1, -0.05) is 53.7 Å². The second-order valence-corrected chi connectivity index (χ2v) is 6.09. The zero-order valence-corrected chi connectivity index (χ0v) is 15.4. The molecule has 0 bridgehead atoms. The minimum absolute atomic E-state index is 0.268. The van der Waals surface area contributed by atoms with E-state index in [9.17, 15) is 9.59 Å². The van der Waals surface area contributed by atoms with Crippen molar-refractivity contribution in [2.24, 2.45) is 0 Å². The van der Waals surface area contributed by atoms with Crippen LogP contribution in [0.4, 0.5) is 5.82 Å². The second-order valence-electron chi connectivity index (χ2n) is 6.09. The van der Waals surface area contributed by atoms with Gasteiger partial charge >= 0.3 is 5.97 Å². The Morgan fingerprint density at radius 3 is 2.54 bits per heavy atom. The van der Waals surface area contributed by atoms with Crippen molar-refractivity contribution in [2.45, 2.75) is 13.3 Å².